The number of benzene rings is 1. The number of carbonyl (C=O) groups excluding carboxylic acids is 1. The Morgan fingerprint density at radius 1 is 1.29 bits per heavy atom. The van der Waals surface area contributed by atoms with Gasteiger partial charge in [-0.25, -0.2) is 4.68 Å². The smallest absolute Gasteiger partial charge is 0.313 e. The standard InChI is InChI=1S/C12H13N5O3S/c18-11(19)7-21-6-5-13-12(20)9-1-3-10(4-2-9)17-8-14-15-16-17/h1-4,8H,5-7H2,(H,13,20)(H,18,19). The molecule has 0 spiro atoms. The molecule has 2 rings (SSSR count). The van der Waals surface area contributed by atoms with Gasteiger partial charge in [-0.3, -0.25) is 9.59 Å². The van der Waals surface area contributed by atoms with Crippen molar-refractivity contribution in [1.82, 2.24) is 25.5 Å². The molecule has 110 valence electrons. The van der Waals surface area contributed by atoms with Crippen LogP contribution in [0.1, 0.15) is 10.4 Å². The van der Waals surface area contributed by atoms with Crippen LogP contribution in [0.3, 0.4) is 0 Å². The van der Waals surface area contributed by atoms with E-state index in [0.29, 0.717) is 17.9 Å². The Bertz CT molecular complexity index is 600. The average molecular weight is 307 g/mol. The first-order valence-corrected chi connectivity index (χ1v) is 7.23. The number of amides is 1. The molecule has 0 atom stereocenters. The monoisotopic (exact) mass is 307 g/mol. The van der Waals surface area contributed by atoms with Gasteiger partial charge in [-0.1, -0.05) is 0 Å². The first-order chi connectivity index (χ1) is 10.2. The van der Waals surface area contributed by atoms with E-state index in [-0.39, 0.29) is 11.7 Å². The summed E-state index contributed by atoms with van der Waals surface area (Å²) in [4.78, 5) is 22.2. The number of carboxylic acids is 1. The molecular formula is C12H13N5O3S. The van der Waals surface area contributed by atoms with E-state index < -0.39 is 5.97 Å². The molecule has 9 heteroatoms. The Labute approximate surface area is 124 Å². The Hall–Kier alpha value is -2.42. The quantitative estimate of drug-likeness (QED) is 0.703. The summed E-state index contributed by atoms with van der Waals surface area (Å²) in [6.07, 6.45) is 1.47. The summed E-state index contributed by atoms with van der Waals surface area (Å²) in [6, 6.07) is 6.84. The zero-order valence-corrected chi connectivity index (χ0v) is 11.8. The maximum atomic E-state index is 11.9. The minimum atomic E-state index is -0.857. The number of hydrogen-bond donors (Lipinski definition) is 2. The van der Waals surface area contributed by atoms with Gasteiger partial charge in [-0.15, -0.1) is 16.9 Å². The van der Waals surface area contributed by atoms with Crippen molar-refractivity contribution in [2.75, 3.05) is 18.1 Å². The number of aromatic nitrogens is 4. The van der Waals surface area contributed by atoms with Crippen LogP contribution < -0.4 is 5.32 Å². The average Bonchev–Trinajstić information content (AvgIpc) is 3.01. The Morgan fingerprint density at radius 3 is 2.67 bits per heavy atom. The number of hydrogen-bond acceptors (Lipinski definition) is 6. The molecule has 0 saturated heterocycles. The fraction of sp³-hybridized carbons (Fsp3) is 0.250. The molecule has 0 aliphatic rings. The number of thioether (sulfide) groups is 1. The lowest BCUT2D eigenvalue weighted by Gasteiger charge is -2.05. The third-order valence-electron chi connectivity index (χ3n) is 2.50. The van der Waals surface area contributed by atoms with Gasteiger partial charge < -0.3 is 10.4 Å². The molecular weight excluding hydrogens is 294 g/mol. The maximum absolute atomic E-state index is 11.9. The lowest BCUT2D eigenvalue weighted by molar-refractivity contribution is -0.133. The molecule has 1 heterocycles. The predicted octanol–water partition coefficient (Wildman–Crippen LogP) is 0.210. The molecule has 21 heavy (non-hydrogen) atoms. The number of carboxylic acid groups (broad SMARTS) is 1. The van der Waals surface area contributed by atoms with E-state index in [2.05, 4.69) is 20.8 Å². The first-order valence-electron chi connectivity index (χ1n) is 6.08. The highest BCUT2D eigenvalue weighted by Gasteiger charge is 2.06. The molecule has 0 fully saturated rings. The summed E-state index contributed by atoms with van der Waals surface area (Å²) < 4.78 is 1.49. The SMILES string of the molecule is O=C(O)CSCCNC(=O)c1ccc(-n2cnnn2)cc1. The van der Waals surface area contributed by atoms with Crippen LogP contribution >= 0.6 is 11.8 Å². The van der Waals surface area contributed by atoms with Crippen molar-refractivity contribution in [3.63, 3.8) is 0 Å². The van der Waals surface area contributed by atoms with Crippen LogP contribution in [0.25, 0.3) is 5.69 Å². The summed E-state index contributed by atoms with van der Waals surface area (Å²) in [6.45, 7) is 0.422. The van der Waals surface area contributed by atoms with E-state index in [4.69, 9.17) is 5.11 Å². The number of nitrogens with one attached hydrogen (secondary N) is 1. The molecule has 2 aromatic rings. The molecule has 0 saturated carbocycles. The van der Waals surface area contributed by atoms with Crippen LogP contribution in [-0.2, 0) is 4.79 Å². The van der Waals surface area contributed by atoms with Gasteiger partial charge >= 0.3 is 5.97 Å². The van der Waals surface area contributed by atoms with Crippen LogP contribution in [0.15, 0.2) is 30.6 Å². The van der Waals surface area contributed by atoms with Gasteiger partial charge in [-0.2, -0.15) is 0 Å². The van der Waals surface area contributed by atoms with Gasteiger partial charge in [0.15, 0.2) is 0 Å². The second-order valence-corrected chi connectivity index (χ2v) is 5.11. The van der Waals surface area contributed by atoms with Gasteiger partial charge in [0.1, 0.15) is 6.33 Å². The summed E-state index contributed by atoms with van der Waals surface area (Å²) in [5.74, 6) is -0.462. The number of rotatable bonds is 7. The number of carbonyl (C=O) groups is 2. The summed E-state index contributed by atoms with van der Waals surface area (Å²) in [7, 11) is 0. The van der Waals surface area contributed by atoms with Crippen molar-refractivity contribution in [2.24, 2.45) is 0 Å². The van der Waals surface area contributed by atoms with Gasteiger partial charge in [-0.05, 0) is 34.7 Å². The van der Waals surface area contributed by atoms with Crippen molar-refractivity contribution < 1.29 is 14.7 Å². The third kappa shape index (κ3) is 4.56. The van der Waals surface area contributed by atoms with Crippen LogP contribution in [0.5, 0.6) is 0 Å². The van der Waals surface area contributed by atoms with Crippen molar-refractivity contribution in [3.8, 4) is 5.69 Å². The predicted molar refractivity (Wildman–Crippen MR) is 76.4 cm³/mol. The minimum absolute atomic E-state index is 0.0382. The van der Waals surface area contributed by atoms with Gasteiger partial charge in [0, 0.05) is 17.9 Å². The molecule has 1 amide bonds. The second-order valence-electron chi connectivity index (χ2n) is 4.00. The summed E-state index contributed by atoms with van der Waals surface area (Å²) in [5.41, 5.74) is 1.28. The van der Waals surface area contributed by atoms with Crippen LogP contribution in [-0.4, -0.2) is 55.2 Å². The van der Waals surface area contributed by atoms with Crippen molar-refractivity contribution >= 4 is 23.6 Å². The molecule has 8 nitrogen and oxygen atoms in total. The molecule has 1 aromatic heterocycles. The molecule has 0 aliphatic heterocycles. The van der Waals surface area contributed by atoms with Gasteiger partial charge in [0.05, 0.1) is 11.4 Å². The largest absolute Gasteiger partial charge is 0.481 e. The molecule has 0 bridgehead atoms. The van der Waals surface area contributed by atoms with Crippen molar-refractivity contribution in [2.45, 2.75) is 0 Å². The van der Waals surface area contributed by atoms with Crippen molar-refractivity contribution in [3.05, 3.63) is 36.2 Å². The Balaban J connectivity index is 1.81. The van der Waals surface area contributed by atoms with E-state index in [9.17, 15) is 9.59 Å². The lowest BCUT2D eigenvalue weighted by Crippen LogP contribution is -2.26. The summed E-state index contributed by atoms with van der Waals surface area (Å²) in [5, 5.41) is 22.0. The van der Waals surface area contributed by atoms with E-state index in [0.717, 1.165) is 5.69 Å². The Morgan fingerprint density at radius 2 is 2.05 bits per heavy atom. The fourth-order valence-electron chi connectivity index (χ4n) is 1.54. The molecule has 0 unspecified atom stereocenters. The second kappa shape index (κ2) is 7.39. The fourth-order valence-corrected chi connectivity index (χ4v) is 2.11. The van der Waals surface area contributed by atoms with Crippen LogP contribution in [0.4, 0.5) is 0 Å². The number of tetrazole rings is 1. The zero-order valence-electron chi connectivity index (χ0n) is 11.0. The molecule has 1 aromatic carbocycles. The van der Waals surface area contributed by atoms with E-state index in [1.165, 1.54) is 22.8 Å². The first kappa shape index (κ1) is 15.0. The van der Waals surface area contributed by atoms with Crippen molar-refractivity contribution in [1.29, 1.82) is 0 Å². The normalized spacial score (nSPS) is 10.3. The molecule has 0 aliphatic carbocycles. The highest BCUT2D eigenvalue weighted by Crippen LogP contribution is 2.07. The van der Waals surface area contributed by atoms with Crippen LogP contribution in [0, 0.1) is 0 Å². The van der Waals surface area contributed by atoms with E-state index in [1.54, 1.807) is 24.3 Å². The highest BCUT2D eigenvalue weighted by molar-refractivity contribution is 7.99. The maximum Gasteiger partial charge on any atom is 0.313 e. The molecule has 2 N–H and O–H groups in total. The van der Waals surface area contributed by atoms with E-state index >= 15 is 0 Å². The third-order valence-corrected chi connectivity index (χ3v) is 3.44. The van der Waals surface area contributed by atoms with Gasteiger partial charge in [0.2, 0.25) is 0 Å². The van der Waals surface area contributed by atoms with Crippen LogP contribution in [0.2, 0.25) is 0 Å². The van der Waals surface area contributed by atoms with E-state index in [1.807, 2.05) is 0 Å². The number of nitrogens with zero attached hydrogens (tertiary/aromatic N) is 4. The lowest BCUT2D eigenvalue weighted by atomic mass is 10.2. The summed E-state index contributed by atoms with van der Waals surface area (Å²) >= 11 is 1.26. The highest BCUT2D eigenvalue weighted by atomic mass is 32.2. The zero-order chi connectivity index (χ0) is 15.1. The number of aliphatic carboxylic acids is 1. The minimum Gasteiger partial charge on any atom is -0.481 e. The topological polar surface area (TPSA) is 110 Å². The molecule has 0 radical (unpaired) electrons. The Kier molecular flexibility index (Phi) is 5.27. The van der Waals surface area contributed by atoms with Gasteiger partial charge in [0.25, 0.3) is 5.91 Å².